The number of nitrogens with zero attached hydrogens (tertiary/aromatic N) is 4. The predicted molar refractivity (Wildman–Crippen MR) is 142 cm³/mol. The number of carboxylic acids is 1. The van der Waals surface area contributed by atoms with Crippen LogP contribution >= 0.6 is 15.9 Å². The van der Waals surface area contributed by atoms with Gasteiger partial charge in [0.15, 0.2) is 0 Å². The maximum atomic E-state index is 13.3. The molecule has 4 rings (SSSR count). The molecule has 11 heteroatoms. The van der Waals surface area contributed by atoms with Crippen molar-refractivity contribution in [3.05, 3.63) is 108 Å². The van der Waals surface area contributed by atoms with Crippen LogP contribution in [0.5, 0.6) is 5.75 Å². The molecule has 4 aromatic rings. The van der Waals surface area contributed by atoms with Crippen LogP contribution in [0.3, 0.4) is 0 Å². The average Bonchev–Trinajstić information content (AvgIpc) is 2.87. The van der Waals surface area contributed by atoms with E-state index in [-0.39, 0.29) is 40.6 Å². The van der Waals surface area contributed by atoms with Gasteiger partial charge in [0.05, 0.1) is 27.6 Å². The van der Waals surface area contributed by atoms with Gasteiger partial charge in [-0.1, -0.05) is 48.0 Å². The van der Waals surface area contributed by atoms with E-state index in [2.05, 4.69) is 26.0 Å². The monoisotopic (exact) mass is 564 g/mol. The second-order valence-corrected chi connectivity index (χ2v) is 9.31. The van der Waals surface area contributed by atoms with Crippen molar-refractivity contribution < 1.29 is 19.6 Å². The van der Waals surface area contributed by atoms with Crippen molar-refractivity contribution in [3.63, 3.8) is 0 Å². The molecule has 0 bridgehead atoms. The van der Waals surface area contributed by atoms with Gasteiger partial charge in [0.2, 0.25) is 5.75 Å². The highest BCUT2D eigenvalue weighted by Crippen LogP contribution is 2.31. The van der Waals surface area contributed by atoms with Crippen LogP contribution < -0.4 is 10.3 Å². The van der Waals surface area contributed by atoms with Gasteiger partial charge in [0, 0.05) is 22.0 Å². The molecule has 10 nitrogen and oxygen atoms in total. The highest BCUT2D eigenvalue weighted by atomic mass is 79.9. The lowest BCUT2D eigenvalue weighted by Gasteiger charge is -2.13. The number of carbonyl (C=O) groups is 1. The molecule has 0 saturated heterocycles. The van der Waals surface area contributed by atoms with Crippen molar-refractivity contribution in [2.24, 2.45) is 5.10 Å². The molecular formula is C26H21BrN4O6. The van der Waals surface area contributed by atoms with E-state index >= 15 is 0 Å². The Morgan fingerprint density at radius 1 is 1.22 bits per heavy atom. The Balaban J connectivity index is 1.75. The molecule has 0 radical (unpaired) electrons. The minimum atomic E-state index is -1.06. The lowest BCUT2D eigenvalue weighted by molar-refractivity contribution is -0.385. The maximum absolute atomic E-state index is 13.3. The number of hydrogen-bond donors (Lipinski definition) is 1. The van der Waals surface area contributed by atoms with E-state index in [9.17, 15) is 19.7 Å². The zero-order valence-corrected chi connectivity index (χ0v) is 21.4. The van der Waals surface area contributed by atoms with Gasteiger partial charge in [-0.3, -0.25) is 14.9 Å². The van der Waals surface area contributed by atoms with E-state index in [0.29, 0.717) is 22.3 Å². The largest absolute Gasteiger partial charge is 0.481 e. The van der Waals surface area contributed by atoms with Crippen molar-refractivity contribution in [2.75, 3.05) is 0 Å². The number of para-hydroxylation sites is 1. The third kappa shape index (κ3) is 5.56. The summed E-state index contributed by atoms with van der Waals surface area (Å²) in [6, 6.07) is 15.6. The zero-order valence-electron chi connectivity index (χ0n) is 19.8. The number of carboxylic acid groups (broad SMARTS) is 1. The van der Waals surface area contributed by atoms with Crippen LogP contribution in [0.15, 0.2) is 75.0 Å². The highest BCUT2D eigenvalue weighted by molar-refractivity contribution is 9.10. The number of benzene rings is 3. The van der Waals surface area contributed by atoms with E-state index in [0.717, 1.165) is 4.47 Å². The van der Waals surface area contributed by atoms with Crippen molar-refractivity contribution in [3.8, 4) is 5.75 Å². The molecule has 37 heavy (non-hydrogen) atoms. The van der Waals surface area contributed by atoms with Crippen LogP contribution in [0.25, 0.3) is 10.9 Å². The highest BCUT2D eigenvalue weighted by Gasteiger charge is 2.19. The molecule has 0 aliphatic carbocycles. The van der Waals surface area contributed by atoms with E-state index in [4.69, 9.17) is 9.84 Å². The third-order valence-corrected chi connectivity index (χ3v) is 5.96. The van der Waals surface area contributed by atoms with Crippen LogP contribution in [-0.2, 0) is 6.61 Å². The van der Waals surface area contributed by atoms with Gasteiger partial charge >= 0.3 is 11.7 Å². The minimum Gasteiger partial charge on any atom is -0.481 e. The Morgan fingerprint density at radius 2 is 1.95 bits per heavy atom. The number of aromatic nitrogens is 2. The second kappa shape index (κ2) is 10.7. The van der Waals surface area contributed by atoms with Crippen molar-refractivity contribution in [2.45, 2.75) is 26.4 Å². The molecular weight excluding hydrogens is 544 g/mol. The average molecular weight is 565 g/mol. The number of fused-ring (bicyclic) bond motifs is 1. The normalized spacial score (nSPS) is 11.4. The first-order valence-electron chi connectivity index (χ1n) is 11.1. The van der Waals surface area contributed by atoms with Gasteiger partial charge in [-0.15, -0.1) is 0 Å². The first-order valence-corrected chi connectivity index (χ1v) is 11.9. The summed E-state index contributed by atoms with van der Waals surface area (Å²) < 4.78 is 7.72. The quantitative estimate of drug-likeness (QED) is 0.173. The van der Waals surface area contributed by atoms with Crippen LogP contribution in [0.4, 0.5) is 5.69 Å². The van der Waals surface area contributed by atoms with Gasteiger partial charge in [-0.25, -0.2) is 9.78 Å². The van der Waals surface area contributed by atoms with Crippen molar-refractivity contribution >= 4 is 44.7 Å². The van der Waals surface area contributed by atoms with Crippen molar-refractivity contribution in [1.82, 2.24) is 9.66 Å². The molecule has 0 spiro atoms. The van der Waals surface area contributed by atoms with Gasteiger partial charge in [-0.05, 0) is 42.0 Å². The molecule has 0 aliphatic rings. The van der Waals surface area contributed by atoms with Gasteiger partial charge in [0.1, 0.15) is 12.4 Å². The smallest absolute Gasteiger partial charge is 0.335 e. The molecule has 0 atom stereocenters. The fourth-order valence-electron chi connectivity index (χ4n) is 3.62. The Hall–Kier alpha value is -4.38. The van der Waals surface area contributed by atoms with Gasteiger partial charge in [-0.2, -0.15) is 9.78 Å². The fourth-order valence-corrected chi connectivity index (χ4v) is 3.98. The first-order chi connectivity index (χ1) is 17.7. The van der Waals surface area contributed by atoms with Crippen LogP contribution in [0.2, 0.25) is 0 Å². The number of aromatic carboxylic acids is 1. The number of halogens is 1. The maximum Gasteiger partial charge on any atom is 0.335 e. The van der Waals surface area contributed by atoms with Crippen LogP contribution in [-0.4, -0.2) is 31.9 Å². The first kappa shape index (κ1) is 25.7. The summed E-state index contributed by atoms with van der Waals surface area (Å²) in [5, 5.41) is 25.5. The Kier molecular flexibility index (Phi) is 7.44. The predicted octanol–water partition coefficient (Wildman–Crippen LogP) is 5.35. The third-order valence-electron chi connectivity index (χ3n) is 5.47. The Bertz CT molecular complexity index is 1600. The summed E-state index contributed by atoms with van der Waals surface area (Å²) in [6.45, 7) is 3.72. The molecule has 1 heterocycles. The van der Waals surface area contributed by atoms with Crippen LogP contribution in [0.1, 0.15) is 47.1 Å². The number of nitro benzene ring substituents is 1. The zero-order chi connectivity index (χ0) is 26.7. The topological polar surface area (TPSA) is 137 Å². The number of hydrogen-bond acceptors (Lipinski definition) is 7. The number of nitro groups is 1. The molecule has 0 unspecified atom stereocenters. The second-order valence-electron chi connectivity index (χ2n) is 8.39. The van der Waals surface area contributed by atoms with E-state index in [1.165, 1.54) is 35.2 Å². The van der Waals surface area contributed by atoms with E-state index in [1.807, 2.05) is 13.8 Å². The SMILES string of the molecule is CC(C)c1nc2ccc(Br)cc2c(=O)n1N=Cc1cccc([N+](=O)[O-])c1OCc1ccc(C(=O)O)cc1. The molecule has 188 valence electrons. The summed E-state index contributed by atoms with van der Waals surface area (Å²) in [7, 11) is 0. The van der Waals surface area contributed by atoms with E-state index in [1.54, 1.807) is 36.4 Å². The summed E-state index contributed by atoms with van der Waals surface area (Å²) in [6.07, 6.45) is 1.33. The number of ether oxygens (including phenoxy) is 1. The Morgan fingerprint density at radius 3 is 2.59 bits per heavy atom. The van der Waals surface area contributed by atoms with E-state index < -0.39 is 10.9 Å². The lowest BCUT2D eigenvalue weighted by Crippen LogP contribution is -2.23. The molecule has 0 saturated carbocycles. The fraction of sp³-hybridized carbons (Fsp3) is 0.154. The van der Waals surface area contributed by atoms with Crippen molar-refractivity contribution in [1.29, 1.82) is 0 Å². The minimum absolute atomic E-state index is 0.0331. The summed E-state index contributed by atoms with van der Waals surface area (Å²) >= 11 is 3.37. The van der Waals surface area contributed by atoms with Crippen LogP contribution in [0, 0.1) is 10.1 Å². The lowest BCUT2D eigenvalue weighted by atomic mass is 10.1. The molecule has 1 aromatic heterocycles. The summed E-state index contributed by atoms with van der Waals surface area (Å²) in [4.78, 5) is 40.1. The van der Waals surface area contributed by atoms with Gasteiger partial charge < -0.3 is 9.84 Å². The summed E-state index contributed by atoms with van der Waals surface area (Å²) in [5.41, 5.74) is 0.906. The molecule has 3 aromatic carbocycles. The molecule has 0 amide bonds. The molecule has 1 N–H and O–H groups in total. The summed E-state index contributed by atoms with van der Waals surface area (Å²) in [5.74, 6) is -0.791. The Labute approximate surface area is 219 Å². The number of rotatable bonds is 8. The molecule has 0 fully saturated rings. The van der Waals surface area contributed by atoms with Gasteiger partial charge in [0.25, 0.3) is 5.56 Å². The molecule has 0 aliphatic heterocycles. The standard InChI is InChI=1S/C26H21BrN4O6/c1-15(2)24-29-21-11-10-19(27)12-20(21)25(32)30(24)28-13-18-4-3-5-22(31(35)36)23(18)37-14-16-6-8-17(9-7-16)26(33)34/h3-13,15H,14H2,1-2H3,(H,33,34).